The molecule has 6 aromatic rings. The van der Waals surface area contributed by atoms with Gasteiger partial charge >= 0.3 is 0 Å². The molecule has 6 aromatic carbocycles. The summed E-state index contributed by atoms with van der Waals surface area (Å²) in [6, 6.07) is 29.4. The predicted octanol–water partition coefficient (Wildman–Crippen LogP) is 20.0. The Morgan fingerprint density at radius 2 is 0.580 bits per heavy atom. The third-order valence-electron chi connectivity index (χ3n) is 26.1. The lowest BCUT2D eigenvalue weighted by Crippen LogP contribution is -2.45. The summed E-state index contributed by atoms with van der Waals surface area (Å²) in [5, 5.41) is 5.80. The van der Waals surface area contributed by atoms with Gasteiger partial charge in [-0.1, -0.05) is 228 Å². The fraction of sp³-hybridized carbons (Fsp3) is 0.596. The second kappa shape index (κ2) is 33.1. The molecule has 100 heavy (non-hydrogen) atoms. The molecule has 16 rings (SSSR count). The van der Waals surface area contributed by atoms with Gasteiger partial charge in [0.2, 0.25) is 10.7 Å². The van der Waals surface area contributed by atoms with Crippen LogP contribution >= 0.6 is 0 Å². The van der Waals surface area contributed by atoms with E-state index in [2.05, 4.69) is 91.7 Å². The summed E-state index contributed by atoms with van der Waals surface area (Å²) in [5.41, 5.74) is 27.0. The highest BCUT2D eigenvalue weighted by atomic mass is 16.5. The number of anilines is 2. The first-order chi connectivity index (χ1) is 49.7. The molecule has 530 valence electrons. The first-order valence-electron chi connectivity index (χ1n) is 42.7. The van der Waals surface area contributed by atoms with E-state index in [1.165, 1.54) is 444 Å². The van der Waals surface area contributed by atoms with Crippen LogP contribution in [0.5, 0.6) is 23.0 Å². The minimum absolute atomic E-state index is 1.13. The van der Waals surface area contributed by atoms with Gasteiger partial charge in [0.1, 0.15) is 49.2 Å². The van der Waals surface area contributed by atoms with Gasteiger partial charge in [0.15, 0.2) is 0 Å². The monoisotopic (exact) mass is 1340 g/mol. The standard InChI is InChI=1S/C94H124N4O2/c1(3-5-7-9-11-13-15-17-19-21-23-25-27-29-43-69-45-31-33-51-75(69)85-81-65-71-47-35-57-95-61-39-53-77(87(71)95)91(81)99-92-78-54-40-62-96-58-36-48-72(88(78)96)66-82(85)92)2-4-6-8-10-12-14-16-18-20-22-24-26-28-30-44-70-46-32-34-52-76(70)86-83-67-73-49-37-59-97-63-41-55-79(89(73)97)93(83)100-94-80-56-42-64-98-60-38-50-74(90(80)98)68-84(86)94/h31-34,45-46,51-52,65-68H,1-30,35-44,47-50,53-64H2/q+2. The van der Waals surface area contributed by atoms with Crippen LogP contribution in [0.1, 0.15) is 322 Å². The van der Waals surface area contributed by atoms with Crippen molar-refractivity contribution in [2.45, 2.75) is 308 Å². The van der Waals surface area contributed by atoms with Crippen molar-refractivity contribution in [2.75, 3.05) is 62.2 Å². The van der Waals surface area contributed by atoms with Crippen molar-refractivity contribution >= 4 is 22.5 Å². The average molecular weight is 1340 g/mol. The molecule has 6 nitrogen and oxygen atoms in total. The van der Waals surface area contributed by atoms with Gasteiger partial charge in [0.25, 0.3) is 0 Å². The number of nitrogens with zero attached hydrogens (tertiary/aromatic N) is 4. The largest absolute Gasteiger partial charge is 0.455 e. The molecule has 0 N–H and O–H groups in total. The molecule has 0 aromatic heterocycles. The minimum atomic E-state index is 1.13. The van der Waals surface area contributed by atoms with Crippen LogP contribution in [0, 0.1) is 0 Å². The highest BCUT2D eigenvalue weighted by Gasteiger charge is 2.39. The van der Waals surface area contributed by atoms with E-state index in [9.17, 15) is 0 Å². The van der Waals surface area contributed by atoms with Crippen molar-refractivity contribution in [1.29, 1.82) is 0 Å². The first-order valence-corrected chi connectivity index (χ1v) is 42.7. The normalized spacial score (nSPS) is 17.4. The van der Waals surface area contributed by atoms with E-state index in [-0.39, 0.29) is 0 Å². The summed E-state index contributed by atoms with van der Waals surface area (Å²) in [5.74, 6) is 4.76. The average Bonchev–Trinajstić information content (AvgIpc) is 0.716. The molecule has 0 unspecified atom stereocenters. The van der Waals surface area contributed by atoms with Gasteiger partial charge in [-0.25, -0.2) is 9.15 Å². The molecule has 0 spiro atoms. The third kappa shape index (κ3) is 14.7. The van der Waals surface area contributed by atoms with Crippen LogP contribution in [0.2, 0.25) is 0 Å². The van der Waals surface area contributed by atoms with E-state index in [4.69, 9.17) is 9.47 Å². The van der Waals surface area contributed by atoms with Crippen LogP contribution in [-0.2, 0) is 64.2 Å². The van der Waals surface area contributed by atoms with Crippen molar-refractivity contribution in [3.8, 4) is 23.0 Å². The Morgan fingerprint density at radius 3 is 0.940 bits per heavy atom. The molecule has 10 aliphatic heterocycles. The van der Waals surface area contributed by atoms with E-state index < -0.39 is 0 Å². The highest BCUT2D eigenvalue weighted by molar-refractivity contribution is 5.92. The smallest absolute Gasteiger partial charge is 0.210 e. The van der Waals surface area contributed by atoms with Gasteiger partial charge < -0.3 is 19.3 Å². The van der Waals surface area contributed by atoms with Crippen molar-refractivity contribution in [2.24, 2.45) is 0 Å². The molecule has 0 amide bonds. The third-order valence-corrected chi connectivity index (χ3v) is 26.1. The lowest BCUT2D eigenvalue weighted by molar-refractivity contribution is 0.431. The van der Waals surface area contributed by atoms with E-state index >= 15 is 0 Å². The van der Waals surface area contributed by atoms with Crippen molar-refractivity contribution in [3.05, 3.63) is 172 Å². The highest BCUT2D eigenvalue weighted by Crippen LogP contribution is 2.51. The molecule has 6 heteroatoms. The van der Waals surface area contributed by atoms with Crippen LogP contribution in [0.15, 0.2) is 72.8 Å². The fourth-order valence-corrected chi connectivity index (χ4v) is 21.2. The SMILES string of the molecule is c1ccc(C2=c3cc4c5c(c3Oc3c2cc2c6c3CCCN6CCC2)CCC[N+]=5CCC4)c(CCCCCCCCCCCCCCCCCCCCCCCCCCCCCCCCc2ccccc2C2=c3cc4c5c(c3Oc3c2cc2c6c3CCCN6CCC2)CCC[N+]=5CCC4)c1. The van der Waals surface area contributed by atoms with Crippen LogP contribution in [0.3, 0.4) is 0 Å². The zero-order valence-corrected chi connectivity index (χ0v) is 62.1. The maximum absolute atomic E-state index is 7.39. The summed E-state index contributed by atoms with van der Waals surface area (Å²) < 4.78 is 20.2. The van der Waals surface area contributed by atoms with Crippen LogP contribution < -0.4 is 49.6 Å². The number of hydrogen-bond acceptors (Lipinski definition) is 4. The number of fused-ring (bicyclic) bond motifs is 8. The molecule has 0 fully saturated rings. The lowest BCUT2D eigenvalue weighted by Gasteiger charge is -2.39. The maximum atomic E-state index is 7.39. The Kier molecular flexibility index (Phi) is 22.6. The zero-order chi connectivity index (χ0) is 66.8. The minimum Gasteiger partial charge on any atom is -0.455 e. The molecule has 0 bridgehead atoms. The number of aryl methyl sites for hydroxylation is 6. The van der Waals surface area contributed by atoms with Crippen molar-refractivity contribution in [1.82, 2.24) is 9.15 Å². The van der Waals surface area contributed by atoms with Crippen LogP contribution in [-0.4, -0.2) is 52.4 Å². The number of rotatable bonds is 35. The van der Waals surface area contributed by atoms with Gasteiger partial charge in [-0.3, -0.25) is 0 Å². The quantitative estimate of drug-likeness (QED) is 0.0293. The van der Waals surface area contributed by atoms with Crippen LogP contribution in [0.25, 0.3) is 11.1 Å². The van der Waals surface area contributed by atoms with E-state index in [0.717, 1.165) is 38.5 Å². The maximum Gasteiger partial charge on any atom is 0.210 e. The van der Waals surface area contributed by atoms with Gasteiger partial charge in [-0.05, 0) is 160 Å². The molecular weight excluding hydrogens is 1220 g/mol. The Morgan fingerprint density at radius 1 is 0.280 bits per heavy atom. The Hall–Kier alpha value is -6.14. The molecule has 10 heterocycles. The second-order valence-corrected chi connectivity index (χ2v) is 33.1. The number of ether oxygens (including phenoxy) is 2. The Bertz CT molecular complexity index is 3890. The fourth-order valence-electron chi connectivity index (χ4n) is 21.2. The topological polar surface area (TPSA) is 31.0 Å². The Labute approximate surface area is 602 Å². The van der Waals surface area contributed by atoms with Gasteiger partial charge in [0, 0.05) is 118 Å². The summed E-state index contributed by atoms with van der Waals surface area (Å²) in [7, 11) is 0. The van der Waals surface area contributed by atoms with Gasteiger partial charge in [0.05, 0.1) is 11.1 Å². The number of hydrogen-bond donors (Lipinski definition) is 0. The predicted molar refractivity (Wildman–Crippen MR) is 419 cm³/mol. The van der Waals surface area contributed by atoms with Gasteiger partial charge in [-0.15, -0.1) is 0 Å². The molecule has 0 aliphatic carbocycles. The summed E-state index contributed by atoms with van der Waals surface area (Å²) in [4.78, 5) is 5.38. The van der Waals surface area contributed by atoms with Gasteiger partial charge in [-0.2, -0.15) is 0 Å². The van der Waals surface area contributed by atoms with E-state index in [1.54, 1.807) is 22.3 Å². The molecule has 0 atom stereocenters. The van der Waals surface area contributed by atoms with E-state index in [1.807, 2.05) is 0 Å². The summed E-state index contributed by atoms with van der Waals surface area (Å²) in [6.45, 7) is 9.54. The second-order valence-electron chi connectivity index (χ2n) is 33.1. The zero-order valence-electron chi connectivity index (χ0n) is 62.1. The lowest BCUT2D eigenvalue weighted by atomic mass is 9.81. The number of unbranched alkanes of at least 4 members (excludes halogenated alkanes) is 29. The summed E-state index contributed by atoms with van der Waals surface area (Å²) >= 11 is 0. The number of benzene rings is 6. The van der Waals surface area contributed by atoms with Crippen LogP contribution in [0.4, 0.5) is 11.4 Å². The van der Waals surface area contributed by atoms with Crippen molar-refractivity contribution in [3.63, 3.8) is 0 Å². The molecule has 0 saturated heterocycles. The molecule has 0 radical (unpaired) electrons. The molecule has 10 aliphatic rings. The van der Waals surface area contributed by atoms with E-state index in [0.29, 0.717) is 0 Å². The Balaban J connectivity index is 0.388. The summed E-state index contributed by atoms with van der Waals surface area (Å²) in [6.07, 6.45) is 64.3. The van der Waals surface area contributed by atoms with Crippen molar-refractivity contribution < 1.29 is 9.47 Å². The molecule has 0 saturated carbocycles. The first kappa shape index (κ1) is 68.3. The molecular formula is C94H124N4O2+2.